The summed E-state index contributed by atoms with van der Waals surface area (Å²) >= 11 is 12.2. The van der Waals surface area contributed by atoms with Crippen molar-refractivity contribution in [3.63, 3.8) is 0 Å². The standard InChI is InChI=1S/C26H29Cl2F2N5O/c1-25(2,3)10-20-26(31,17-8-7-14(27)9-19(17)29)21(16-5-4-6-18(28)22(16)30)23(35-20)24(36)33-12-15-11-32-13-34-15/h4-9,11,13,20-21,23,35H,10,12,31H2,1-3H3,(H,32,34)(H,33,36). The van der Waals surface area contributed by atoms with E-state index in [0.29, 0.717) is 12.1 Å². The van der Waals surface area contributed by atoms with Crippen molar-refractivity contribution in [2.45, 2.75) is 57.3 Å². The van der Waals surface area contributed by atoms with Gasteiger partial charge in [-0.15, -0.1) is 0 Å². The molecule has 0 spiro atoms. The number of hydrogen-bond donors (Lipinski definition) is 4. The largest absolute Gasteiger partial charge is 0.349 e. The third-order valence-corrected chi connectivity index (χ3v) is 7.15. The Morgan fingerprint density at radius 1 is 1.22 bits per heavy atom. The van der Waals surface area contributed by atoms with E-state index in [9.17, 15) is 4.79 Å². The minimum absolute atomic E-state index is 0.109. The van der Waals surface area contributed by atoms with E-state index >= 15 is 8.78 Å². The minimum Gasteiger partial charge on any atom is -0.349 e. The van der Waals surface area contributed by atoms with Gasteiger partial charge in [-0.05, 0) is 35.6 Å². The fourth-order valence-corrected chi connectivity index (χ4v) is 5.42. The number of nitrogens with one attached hydrogen (secondary N) is 3. The Labute approximate surface area is 219 Å². The molecule has 2 heterocycles. The maximum atomic E-state index is 15.5. The Kier molecular flexibility index (Phi) is 7.44. The Balaban J connectivity index is 1.87. The lowest BCUT2D eigenvalue weighted by Crippen LogP contribution is -2.52. The number of hydrogen-bond acceptors (Lipinski definition) is 4. The topological polar surface area (TPSA) is 95.8 Å². The summed E-state index contributed by atoms with van der Waals surface area (Å²) in [5.41, 5.74) is 6.35. The third kappa shape index (κ3) is 5.13. The normalized spacial score (nSPS) is 24.2. The predicted octanol–water partition coefficient (Wildman–Crippen LogP) is 5.03. The van der Waals surface area contributed by atoms with E-state index in [4.69, 9.17) is 28.9 Å². The predicted molar refractivity (Wildman–Crippen MR) is 137 cm³/mol. The van der Waals surface area contributed by atoms with Crippen LogP contribution in [0.3, 0.4) is 0 Å². The molecule has 36 heavy (non-hydrogen) atoms. The number of aromatic amines is 1. The zero-order valence-corrected chi connectivity index (χ0v) is 21.7. The quantitative estimate of drug-likeness (QED) is 0.356. The van der Waals surface area contributed by atoms with E-state index < -0.39 is 41.1 Å². The first-order valence-electron chi connectivity index (χ1n) is 11.6. The van der Waals surface area contributed by atoms with Crippen LogP contribution >= 0.6 is 23.2 Å². The molecule has 1 aliphatic heterocycles. The summed E-state index contributed by atoms with van der Waals surface area (Å²) in [6.45, 7) is 6.24. The van der Waals surface area contributed by atoms with Gasteiger partial charge in [0, 0.05) is 28.7 Å². The second-order valence-corrected chi connectivity index (χ2v) is 11.3. The third-order valence-electron chi connectivity index (χ3n) is 6.63. The molecular formula is C26H29Cl2F2N5O. The van der Waals surface area contributed by atoms with Gasteiger partial charge in [-0.1, -0.05) is 62.2 Å². The number of nitrogens with zero attached hydrogens (tertiary/aromatic N) is 1. The van der Waals surface area contributed by atoms with E-state index in [1.165, 1.54) is 30.6 Å². The molecule has 0 saturated carbocycles. The van der Waals surface area contributed by atoms with Crippen LogP contribution < -0.4 is 16.4 Å². The Morgan fingerprint density at radius 3 is 2.61 bits per heavy atom. The van der Waals surface area contributed by atoms with Crippen molar-refractivity contribution in [3.8, 4) is 0 Å². The van der Waals surface area contributed by atoms with Crippen LogP contribution in [0.5, 0.6) is 0 Å². The molecule has 4 unspecified atom stereocenters. The van der Waals surface area contributed by atoms with Gasteiger partial charge in [0.05, 0.1) is 35.2 Å². The minimum atomic E-state index is -1.51. The molecule has 1 fully saturated rings. The van der Waals surface area contributed by atoms with Crippen molar-refractivity contribution in [3.05, 3.63) is 87.4 Å². The molecule has 1 amide bonds. The molecule has 6 nitrogen and oxygen atoms in total. The van der Waals surface area contributed by atoms with Crippen LogP contribution in [0.15, 0.2) is 48.9 Å². The molecule has 2 aromatic carbocycles. The molecule has 192 valence electrons. The average molecular weight is 536 g/mol. The van der Waals surface area contributed by atoms with Crippen LogP contribution in [0.4, 0.5) is 8.78 Å². The van der Waals surface area contributed by atoms with Crippen LogP contribution in [0.1, 0.15) is 49.9 Å². The molecule has 10 heteroatoms. The summed E-state index contributed by atoms with van der Waals surface area (Å²) in [5, 5.41) is 6.29. The van der Waals surface area contributed by atoms with E-state index in [1.54, 1.807) is 18.3 Å². The Hall–Kier alpha value is -2.52. The summed E-state index contributed by atoms with van der Waals surface area (Å²) < 4.78 is 31.0. The first-order valence-corrected chi connectivity index (χ1v) is 12.4. The highest BCUT2D eigenvalue weighted by atomic mass is 35.5. The van der Waals surface area contributed by atoms with Gasteiger partial charge in [-0.25, -0.2) is 13.8 Å². The summed E-state index contributed by atoms with van der Waals surface area (Å²) in [6, 6.07) is 7.22. The summed E-state index contributed by atoms with van der Waals surface area (Å²) in [5.74, 6) is -2.72. The van der Waals surface area contributed by atoms with Gasteiger partial charge in [0.15, 0.2) is 0 Å². The number of nitrogens with two attached hydrogens (primary N) is 1. The number of rotatable bonds is 6. The monoisotopic (exact) mass is 535 g/mol. The van der Waals surface area contributed by atoms with Crippen molar-refractivity contribution in [2.24, 2.45) is 11.1 Å². The van der Waals surface area contributed by atoms with Gasteiger partial charge in [-0.3, -0.25) is 4.79 Å². The second-order valence-electron chi connectivity index (χ2n) is 10.4. The van der Waals surface area contributed by atoms with Gasteiger partial charge in [0.25, 0.3) is 0 Å². The number of imidazole rings is 1. The van der Waals surface area contributed by atoms with Crippen molar-refractivity contribution < 1.29 is 13.6 Å². The highest BCUT2D eigenvalue weighted by molar-refractivity contribution is 6.31. The van der Waals surface area contributed by atoms with Gasteiger partial charge in [-0.2, -0.15) is 0 Å². The fraction of sp³-hybridized carbons (Fsp3) is 0.385. The first kappa shape index (κ1) is 26.5. The molecule has 1 aromatic heterocycles. The first-order chi connectivity index (χ1) is 16.9. The number of carbonyl (C=O) groups excluding carboxylic acids is 1. The van der Waals surface area contributed by atoms with E-state index in [-0.39, 0.29) is 33.1 Å². The van der Waals surface area contributed by atoms with Gasteiger partial charge >= 0.3 is 0 Å². The zero-order valence-electron chi connectivity index (χ0n) is 20.2. The number of aromatic nitrogens is 2. The Bertz CT molecular complexity index is 1250. The molecule has 0 radical (unpaired) electrons. The summed E-state index contributed by atoms with van der Waals surface area (Å²) in [7, 11) is 0. The van der Waals surface area contributed by atoms with Crippen molar-refractivity contribution in [2.75, 3.05) is 0 Å². The molecule has 4 rings (SSSR count). The Morgan fingerprint density at radius 2 is 1.97 bits per heavy atom. The highest BCUT2D eigenvalue weighted by Crippen LogP contribution is 2.49. The van der Waals surface area contributed by atoms with Crippen molar-refractivity contribution >= 4 is 29.1 Å². The fourth-order valence-electron chi connectivity index (χ4n) is 5.08. The maximum Gasteiger partial charge on any atom is 0.238 e. The second kappa shape index (κ2) is 10.1. The lowest BCUT2D eigenvalue weighted by molar-refractivity contribution is -0.123. The molecule has 5 N–H and O–H groups in total. The van der Waals surface area contributed by atoms with Gasteiger partial charge < -0.3 is 21.4 Å². The van der Waals surface area contributed by atoms with Crippen LogP contribution in [0, 0.1) is 17.0 Å². The summed E-state index contributed by atoms with van der Waals surface area (Å²) in [4.78, 5) is 20.4. The molecule has 3 aromatic rings. The van der Waals surface area contributed by atoms with E-state index in [1.807, 2.05) is 20.8 Å². The number of amides is 1. The van der Waals surface area contributed by atoms with Crippen LogP contribution in [-0.2, 0) is 16.9 Å². The lowest BCUT2D eigenvalue weighted by Gasteiger charge is -2.40. The van der Waals surface area contributed by atoms with Gasteiger partial charge in [0.1, 0.15) is 11.6 Å². The number of benzene rings is 2. The highest BCUT2D eigenvalue weighted by Gasteiger charge is 2.58. The van der Waals surface area contributed by atoms with Crippen molar-refractivity contribution in [1.29, 1.82) is 0 Å². The van der Waals surface area contributed by atoms with Crippen LogP contribution in [0.2, 0.25) is 10.0 Å². The molecular weight excluding hydrogens is 507 g/mol. The van der Waals surface area contributed by atoms with E-state index in [0.717, 1.165) is 0 Å². The van der Waals surface area contributed by atoms with Gasteiger partial charge in [0.2, 0.25) is 5.91 Å². The lowest BCUT2D eigenvalue weighted by atomic mass is 9.68. The maximum absolute atomic E-state index is 15.5. The summed E-state index contributed by atoms with van der Waals surface area (Å²) in [6.07, 6.45) is 3.58. The number of H-pyrrole nitrogens is 1. The average Bonchev–Trinajstić information content (AvgIpc) is 3.40. The smallest absolute Gasteiger partial charge is 0.238 e. The molecule has 0 aliphatic carbocycles. The SMILES string of the molecule is CC(C)(C)CC1NC(C(=O)NCc2cnc[nH]2)C(c2cccc(Cl)c2F)C1(N)c1ccc(Cl)cc1F. The van der Waals surface area contributed by atoms with Crippen LogP contribution in [-0.4, -0.2) is 28.0 Å². The molecule has 1 aliphatic rings. The zero-order chi connectivity index (χ0) is 26.3. The molecule has 4 atom stereocenters. The molecule has 1 saturated heterocycles. The number of halogens is 4. The van der Waals surface area contributed by atoms with Crippen LogP contribution in [0.25, 0.3) is 0 Å². The van der Waals surface area contributed by atoms with E-state index in [2.05, 4.69) is 20.6 Å². The molecule has 0 bridgehead atoms. The van der Waals surface area contributed by atoms with Crippen molar-refractivity contribution in [1.82, 2.24) is 20.6 Å². The number of carbonyl (C=O) groups is 1.